The Morgan fingerprint density at radius 1 is 1.06 bits per heavy atom. The van der Waals surface area contributed by atoms with Gasteiger partial charge in [0.2, 0.25) is 5.78 Å². The van der Waals surface area contributed by atoms with Gasteiger partial charge < -0.3 is 14.1 Å². The number of carbonyl (C=O) groups excluding carboxylic acids is 3. The summed E-state index contributed by atoms with van der Waals surface area (Å²) in [6.45, 7) is 4.46. The van der Waals surface area contributed by atoms with Gasteiger partial charge in [0.25, 0.3) is 5.22 Å². The molecule has 7 nitrogen and oxygen atoms in total. The number of aromatic nitrogens is 2. The Labute approximate surface area is 194 Å². The summed E-state index contributed by atoms with van der Waals surface area (Å²) >= 11 is 1.37. The zero-order valence-electron chi connectivity index (χ0n) is 18.4. The minimum absolute atomic E-state index is 0.123. The summed E-state index contributed by atoms with van der Waals surface area (Å²) in [5.41, 5.74) is 4.55. The van der Waals surface area contributed by atoms with Crippen LogP contribution in [0.2, 0.25) is 0 Å². The Morgan fingerprint density at radius 2 is 1.79 bits per heavy atom. The summed E-state index contributed by atoms with van der Waals surface area (Å²) in [6, 6.07) is 14.5. The Hall–Kier alpha value is -3.65. The predicted molar refractivity (Wildman–Crippen MR) is 125 cm³/mol. The normalized spacial score (nSPS) is 11.0. The highest BCUT2D eigenvalue weighted by atomic mass is 32.2. The molecular formula is C25H22N2O5S. The fourth-order valence-corrected chi connectivity index (χ4v) is 4.58. The minimum Gasteiger partial charge on any atom is -0.454 e. The van der Waals surface area contributed by atoms with E-state index in [1.165, 1.54) is 18.7 Å². The van der Waals surface area contributed by atoms with Crippen molar-refractivity contribution in [1.29, 1.82) is 0 Å². The van der Waals surface area contributed by atoms with Crippen molar-refractivity contribution < 1.29 is 23.5 Å². The van der Waals surface area contributed by atoms with E-state index in [0.717, 1.165) is 11.1 Å². The lowest BCUT2D eigenvalue weighted by Gasteiger charge is -2.08. The molecule has 4 rings (SSSR count). The third-order valence-corrected chi connectivity index (χ3v) is 6.14. The Bertz CT molecular complexity index is 1340. The molecule has 0 atom stereocenters. The molecule has 2 aromatic heterocycles. The number of hydrogen-bond acceptors (Lipinski definition) is 7. The molecule has 0 unspecified atom stereocenters. The average molecular weight is 463 g/mol. The van der Waals surface area contributed by atoms with Crippen molar-refractivity contribution in [3.05, 3.63) is 82.2 Å². The zero-order valence-corrected chi connectivity index (χ0v) is 19.2. The summed E-state index contributed by atoms with van der Waals surface area (Å²) in [6.07, 6.45) is 0. The highest BCUT2D eigenvalue weighted by molar-refractivity contribution is 7.98. The number of para-hydroxylation sites is 2. The van der Waals surface area contributed by atoms with E-state index >= 15 is 0 Å². The van der Waals surface area contributed by atoms with Crippen LogP contribution in [0.4, 0.5) is 0 Å². The molecule has 8 heteroatoms. The molecule has 0 aliphatic heterocycles. The molecule has 168 valence electrons. The van der Waals surface area contributed by atoms with E-state index in [9.17, 15) is 14.4 Å². The Balaban J connectivity index is 1.43. The van der Waals surface area contributed by atoms with Crippen LogP contribution in [-0.2, 0) is 10.5 Å². The molecule has 2 aromatic carbocycles. The highest BCUT2D eigenvalue weighted by Gasteiger charge is 2.22. The second-order valence-corrected chi connectivity index (χ2v) is 8.50. The maximum absolute atomic E-state index is 12.7. The number of oxazole rings is 1. The van der Waals surface area contributed by atoms with E-state index in [0.29, 0.717) is 38.9 Å². The van der Waals surface area contributed by atoms with Crippen LogP contribution >= 0.6 is 11.8 Å². The van der Waals surface area contributed by atoms with Crippen molar-refractivity contribution in [3.8, 4) is 0 Å². The number of H-pyrrole nitrogens is 1. The van der Waals surface area contributed by atoms with Crippen molar-refractivity contribution >= 4 is 40.4 Å². The van der Waals surface area contributed by atoms with Gasteiger partial charge >= 0.3 is 5.97 Å². The van der Waals surface area contributed by atoms with Crippen LogP contribution in [0.15, 0.2) is 58.2 Å². The number of hydrogen-bond donors (Lipinski definition) is 1. The lowest BCUT2D eigenvalue weighted by atomic mass is 10.1. The van der Waals surface area contributed by atoms with Gasteiger partial charge in [-0.25, -0.2) is 9.78 Å². The summed E-state index contributed by atoms with van der Waals surface area (Å²) in [5, 5.41) is 0.508. The first-order valence-electron chi connectivity index (χ1n) is 10.3. The summed E-state index contributed by atoms with van der Waals surface area (Å²) in [4.78, 5) is 44.5. The number of fused-ring (bicyclic) bond motifs is 1. The van der Waals surface area contributed by atoms with Crippen molar-refractivity contribution in [2.45, 2.75) is 31.7 Å². The number of ketones is 2. The van der Waals surface area contributed by atoms with Crippen LogP contribution in [-0.4, -0.2) is 34.1 Å². The summed E-state index contributed by atoms with van der Waals surface area (Å²) in [5.74, 6) is -0.662. The van der Waals surface area contributed by atoms with Crippen molar-refractivity contribution in [2.75, 3.05) is 6.61 Å². The molecular weight excluding hydrogens is 440 g/mol. The van der Waals surface area contributed by atoms with Gasteiger partial charge in [0, 0.05) is 17.0 Å². The van der Waals surface area contributed by atoms with Crippen LogP contribution < -0.4 is 0 Å². The summed E-state index contributed by atoms with van der Waals surface area (Å²) in [7, 11) is 0. The van der Waals surface area contributed by atoms with E-state index in [-0.39, 0.29) is 11.5 Å². The molecule has 33 heavy (non-hydrogen) atoms. The third-order valence-electron chi connectivity index (χ3n) is 5.27. The number of thioether (sulfide) groups is 1. The first-order valence-corrected chi connectivity index (χ1v) is 11.3. The number of carbonyl (C=O) groups is 3. The fourth-order valence-electron chi connectivity index (χ4n) is 3.74. The van der Waals surface area contributed by atoms with Crippen LogP contribution in [0.5, 0.6) is 0 Å². The number of benzene rings is 2. The number of ether oxygens (including phenoxy) is 1. The first kappa shape index (κ1) is 22.5. The van der Waals surface area contributed by atoms with Crippen molar-refractivity contribution in [3.63, 3.8) is 0 Å². The van der Waals surface area contributed by atoms with E-state index in [2.05, 4.69) is 9.97 Å². The van der Waals surface area contributed by atoms with Gasteiger partial charge in [0.05, 0.1) is 11.3 Å². The number of esters is 1. The lowest BCUT2D eigenvalue weighted by Crippen LogP contribution is -2.16. The van der Waals surface area contributed by atoms with E-state index < -0.39 is 18.4 Å². The van der Waals surface area contributed by atoms with Gasteiger partial charge in [-0.15, -0.1) is 0 Å². The highest BCUT2D eigenvalue weighted by Crippen LogP contribution is 2.27. The van der Waals surface area contributed by atoms with Crippen LogP contribution in [0.1, 0.15) is 54.9 Å². The lowest BCUT2D eigenvalue weighted by molar-refractivity contribution is 0.0472. The van der Waals surface area contributed by atoms with E-state index in [1.54, 1.807) is 26.0 Å². The monoisotopic (exact) mass is 462 g/mol. The molecule has 0 bridgehead atoms. The van der Waals surface area contributed by atoms with E-state index in [4.69, 9.17) is 9.15 Å². The number of nitrogens with one attached hydrogen (secondary N) is 1. The minimum atomic E-state index is -0.593. The zero-order chi connectivity index (χ0) is 23.5. The molecule has 0 radical (unpaired) electrons. The van der Waals surface area contributed by atoms with E-state index in [1.807, 2.05) is 36.4 Å². The largest absolute Gasteiger partial charge is 0.454 e. The first-order chi connectivity index (χ1) is 15.8. The van der Waals surface area contributed by atoms with Crippen LogP contribution in [0.25, 0.3) is 11.1 Å². The van der Waals surface area contributed by atoms with Gasteiger partial charge in [-0.05, 0) is 50.1 Å². The second kappa shape index (κ2) is 9.46. The molecule has 2 heterocycles. The fraction of sp³-hybridized carbons (Fsp3) is 0.200. The second-order valence-electron chi connectivity index (χ2n) is 7.57. The van der Waals surface area contributed by atoms with Gasteiger partial charge in [0.15, 0.2) is 18.0 Å². The van der Waals surface area contributed by atoms with Crippen LogP contribution in [0, 0.1) is 13.8 Å². The number of Topliss-reactive ketones (excluding diaryl/α,β-unsaturated/α-hetero) is 2. The molecule has 1 N–H and O–H groups in total. The number of aryl methyl sites for hydroxylation is 1. The predicted octanol–water partition coefficient (Wildman–Crippen LogP) is 5.31. The number of rotatable bonds is 8. The third kappa shape index (κ3) is 4.75. The molecule has 0 aliphatic rings. The molecule has 0 amide bonds. The molecule has 0 saturated carbocycles. The van der Waals surface area contributed by atoms with Gasteiger partial charge in [0.1, 0.15) is 5.52 Å². The SMILES string of the molecule is CC(=O)c1c(C)[nH]c(C(=O)COC(=O)c2ccccc2CSc2nc3ccccc3o2)c1C. The topological polar surface area (TPSA) is 102 Å². The summed E-state index contributed by atoms with van der Waals surface area (Å²) < 4.78 is 11.0. The van der Waals surface area contributed by atoms with Crippen LogP contribution in [0.3, 0.4) is 0 Å². The average Bonchev–Trinajstić information content (AvgIpc) is 3.35. The molecule has 0 fully saturated rings. The Morgan fingerprint density at radius 3 is 2.52 bits per heavy atom. The van der Waals surface area contributed by atoms with Crippen molar-refractivity contribution in [2.24, 2.45) is 0 Å². The molecule has 0 aliphatic carbocycles. The maximum Gasteiger partial charge on any atom is 0.338 e. The quantitative estimate of drug-likeness (QED) is 0.215. The molecule has 0 spiro atoms. The molecule has 0 saturated heterocycles. The smallest absolute Gasteiger partial charge is 0.338 e. The van der Waals surface area contributed by atoms with Crippen molar-refractivity contribution in [1.82, 2.24) is 9.97 Å². The molecule has 4 aromatic rings. The Kier molecular flexibility index (Phi) is 6.46. The van der Waals surface area contributed by atoms with Gasteiger partial charge in [-0.2, -0.15) is 0 Å². The van der Waals surface area contributed by atoms with Gasteiger partial charge in [-0.1, -0.05) is 42.1 Å². The van der Waals surface area contributed by atoms with Gasteiger partial charge in [-0.3, -0.25) is 9.59 Å². The standard InChI is InChI=1S/C25H22N2O5S/c1-14-22(16(3)28)15(2)26-23(14)20(29)12-31-24(30)18-9-5-4-8-17(18)13-33-25-27-19-10-6-7-11-21(19)32-25/h4-11,26H,12-13H2,1-3H3. The number of aromatic amines is 1. The maximum atomic E-state index is 12.7. The number of nitrogens with zero attached hydrogens (tertiary/aromatic N) is 1.